The summed E-state index contributed by atoms with van der Waals surface area (Å²) in [6, 6.07) is 10.3. The van der Waals surface area contributed by atoms with Gasteiger partial charge in [-0.3, -0.25) is 4.98 Å². The molecule has 1 aliphatic carbocycles. The maximum Gasteiger partial charge on any atom is 0.225 e. The normalized spacial score (nSPS) is 14.3. The molecule has 1 fully saturated rings. The number of nitrogens with one attached hydrogen (secondary N) is 2. The summed E-state index contributed by atoms with van der Waals surface area (Å²) in [5, 5.41) is 6.87. The van der Waals surface area contributed by atoms with E-state index in [0.29, 0.717) is 28.5 Å². The molecular weight excluding hydrogens is 365 g/mol. The Morgan fingerprint density at radius 2 is 1.93 bits per heavy atom. The Hall–Kier alpha value is -2.73. The van der Waals surface area contributed by atoms with Gasteiger partial charge in [-0.2, -0.15) is 4.98 Å². The van der Waals surface area contributed by atoms with Crippen molar-refractivity contribution in [1.29, 1.82) is 0 Å². The van der Waals surface area contributed by atoms with Crippen molar-refractivity contribution in [3.63, 3.8) is 0 Å². The van der Waals surface area contributed by atoms with Crippen molar-refractivity contribution in [2.24, 2.45) is 0 Å². The van der Waals surface area contributed by atoms with Crippen molar-refractivity contribution in [2.75, 3.05) is 10.6 Å². The molecule has 0 amide bonds. The third-order valence-electron chi connectivity index (χ3n) is 4.56. The van der Waals surface area contributed by atoms with Gasteiger partial charge in [0.1, 0.15) is 11.6 Å². The number of hydrogen-bond acceptors (Lipinski definition) is 5. The van der Waals surface area contributed by atoms with E-state index in [1.54, 1.807) is 18.5 Å². The number of pyridine rings is 1. The van der Waals surface area contributed by atoms with Crippen molar-refractivity contribution in [3.05, 3.63) is 59.6 Å². The molecule has 0 unspecified atom stereocenters. The van der Waals surface area contributed by atoms with Crippen LogP contribution in [0.2, 0.25) is 5.02 Å². The first-order valence-corrected chi connectivity index (χ1v) is 9.33. The Kier molecular flexibility index (Phi) is 5.16. The number of halogens is 2. The van der Waals surface area contributed by atoms with E-state index >= 15 is 0 Å². The van der Waals surface area contributed by atoms with Crippen LogP contribution in [0.3, 0.4) is 0 Å². The Balaban J connectivity index is 1.69. The summed E-state index contributed by atoms with van der Waals surface area (Å²) in [6.45, 7) is 0. The van der Waals surface area contributed by atoms with Crippen molar-refractivity contribution in [1.82, 2.24) is 15.0 Å². The molecule has 0 spiro atoms. The maximum atomic E-state index is 14.1. The largest absolute Gasteiger partial charge is 0.351 e. The summed E-state index contributed by atoms with van der Waals surface area (Å²) >= 11 is 5.99. The van der Waals surface area contributed by atoms with Crippen molar-refractivity contribution < 1.29 is 4.39 Å². The third-order valence-corrected chi connectivity index (χ3v) is 4.80. The van der Waals surface area contributed by atoms with Gasteiger partial charge in [-0.25, -0.2) is 9.37 Å². The van der Waals surface area contributed by atoms with E-state index in [9.17, 15) is 4.39 Å². The molecule has 1 saturated carbocycles. The Labute approximate surface area is 162 Å². The summed E-state index contributed by atoms with van der Waals surface area (Å²) < 4.78 is 14.1. The second kappa shape index (κ2) is 7.88. The van der Waals surface area contributed by atoms with Gasteiger partial charge in [0.2, 0.25) is 5.95 Å². The van der Waals surface area contributed by atoms with Gasteiger partial charge in [-0.15, -0.1) is 0 Å². The van der Waals surface area contributed by atoms with Gasteiger partial charge in [0.25, 0.3) is 0 Å². The first kappa shape index (κ1) is 17.7. The van der Waals surface area contributed by atoms with Gasteiger partial charge < -0.3 is 10.6 Å². The molecule has 27 heavy (non-hydrogen) atoms. The smallest absolute Gasteiger partial charge is 0.225 e. The van der Waals surface area contributed by atoms with Crippen LogP contribution in [0.4, 0.5) is 21.8 Å². The molecule has 2 N–H and O–H groups in total. The van der Waals surface area contributed by atoms with Gasteiger partial charge >= 0.3 is 0 Å². The highest BCUT2D eigenvalue weighted by atomic mass is 35.5. The predicted molar refractivity (Wildman–Crippen MR) is 106 cm³/mol. The van der Waals surface area contributed by atoms with Crippen LogP contribution in [-0.2, 0) is 0 Å². The van der Waals surface area contributed by atoms with Crippen molar-refractivity contribution in [3.8, 4) is 11.3 Å². The first-order chi connectivity index (χ1) is 13.2. The number of anilines is 3. The SMILES string of the molecule is Fc1ccc(Cl)cc1Nc1cc(-c2cccnc2)nc(NC2CCCC2)n1. The molecule has 138 valence electrons. The van der Waals surface area contributed by atoms with E-state index in [0.717, 1.165) is 18.4 Å². The molecule has 4 rings (SSSR count). The van der Waals surface area contributed by atoms with Crippen LogP contribution in [0.25, 0.3) is 11.3 Å². The maximum absolute atomic E-state index is 14.1. The number of aromatic nitrogens is 3. The lowest BCUT2D eigenvalue weighted by Gasteiger charge is -2.15. The zero-order chi connectivity index (χ0) is 18.6. The number of nitrogens with zero attached hydrogens (tertiary/aromatic N) is 3. The van der Waals surface area contributed by atoms with Crippen LogP contribution in [0.1, 0.15) is 25.7 Å². The Bertz CT molecular complexity index is 929. The molecule has 2 heterocycles. The molecule has 0 aliphatic heterocycles. The predicted octanol–water partition coefficient (Wildman–Crippen LogP) is 5.43. The molecule has 7 heteroatoms. The van der Waals surface area contributed by atoms with Crippen LogP contribution in [-0.4, -0.2) is 21.0 Å². The number of rotatable bonds is 5. The topological polar surface area (TPSA) is 62.7 Å². The Morgan fingerprint density at radius 1 is 1.07 bits per heavy atom. The van der Waals surface area contributed by atoms with Gasteiger partial charge in [0.05, 0.1) is 11.4 Å². The summed E-state index contributed by atoms with van der Waals surface area (Å²) in [5.74, 6) is 0.616. The van der Waals surface area contributed by atoms with Crippen LogP contribution in [0.15, 0.2) is 48.8 Å². The highest BCUT2D eigenvalue weighted by molar-refractivity contribution is 6.30. The molecule has 2 aromatic heterocycles. The minimum absolute atomic E-state index is 0.269. The zero-order valence-electron chi connectivity index (χ0n) is 14.6. The number of hydrogen-bond donors (Lipinski definition) is 2. The number of benzene rings is 1. The van der Waals surface area contributed by atoms with Crippen molar-refractivity contribution >= 4 is 29.1 Å². The second-order valence-electron chi connectivity index (χ2n) is 6.58. The lowest BCUT2D eigenvalue weighted by Crippen LogP contribution is -2.17. The summed E-state index contributed by atoms with van der Waals surface area (Å²) in [4.78, 5) is 13.3. The highest BCUT2D eigenvalue weighted by Crippen LogP contribution is 2.27. The fourth-order valence-electron chi connectivity index (χ4n) is 3.22. The summed E-state index contributed by atoms with van der Waals surface area (Å²) in [6.07, 6.45) is 8.07. The van der Waals surface area contributed by atoms with E-state index in [1.807, 2.05) is 12.1 Å². The highest BCUT2D eigenvalue weighted by Gasteiger charge is 2.17. The third kappa shape index (κ3) is 4.34. The molecule has 1 aliphatic rings. The lowest BCUT2D eigenvalue weighted by molar-refractivity contribution is 0.632. The average Bonchev–Trinajstić information content (AvgIpc) is 3.18. The molecule has 0 saturated heterocycles. The quantitative estimate of drug-likeness (QED) is 0.615. The van der Waals surface area contributed by atoms with Crippen LogP contribution in [0, 0.1) is 5.82 Å². The zero-order valence-corrected chi connectivity index (χ0v) is 15.4. The standard InChI is InChI=1S/C20H19ClFN5/c21-14-7-8-16(22)18(10-14)25-19-11-17(13-4-3-9-23-12-13)26-20(27-19)24-15-5-1-2-6-15/h3-4,7-12,15H,1-2,5-6H2,(H2,24,25,26,27). The molecule has 5 nitrogen and oxygen atoms in total. The molecule has 0 radical (unpaired) electrons. The lowest BCUT2D eigenvalue weighted by atomic mass is 10.2. The van der Waals surface area contributed by atoms with Crippen LogP contribution in [0.5, 0.6) is 0 Å². The minimum Gasteiger partial charge on any atom is -0.351 e. The Morgan fingerprint density at radius 3 is 2.70 bits per heavy atom. The molecule has 0 atom stereocenters. The molecule has 1 aromatic carbocycles. The van der Waals surface area contributed by atoms with Crippen LogP contribution >= 0.6 is 11.6 Å². The van der Waals surface area contributed by atoms with E-state index in [1.165, 1.54) is 31.0 Å². The fourth-order valence-corrected chi connectivity index (χ4v) is 3.39. The van der Waals surface area contributed by atoms with Crippen molar-refractivity contribution in [2.45, 2.75) is 31.7 Å². The average molecular weight is 384 g/mol. The summed E-state index contributed by atoms with van der Waals surface area (Å²) in [7, 11) is 0. The van der Waals surface area contributed by atoms with Gasteiger partial charge in [0.15, 0.2) is 0 Å². The molecule has 3 aromatic rings. The van der Waals surface area contributed by atoms with E-state index < -0.39 is 5.82 Å². The summed E-state index contributed by atoms with van der Waals surface area (Å²) in [5.41, 5.74) is 1.85. The van der Waals surface area contributed by atoms with E-state index in [2.05, 4.69) is 25.6 Å². The monoisotopic (exact) mass is 383 g/mol. The first-order valence-electron chi connectivity index (χ1n) is 8.95. The van der Waals surface area contributed by atoms with Gasteiger partial charge in [-0.05, 0) is 43.2 Å². The minimum atomic E-state index is -0.397. The fraction of sp³-hybridized carbons (Fsp3) is 0.250. The molecule has 0 bridgehead atoms. The second-order valence-corrected chi connectivity index (χ2v) is 7.02. The van der Waals surface area contributed by atoms with Crippen LogP contribution < -0.4 is 10.6 Å². The molecular formula is C20H19ClFN5. The van der Waals surface area contributed by atoms with E-state index in [-0.39, 0.29) is 5.69 Å². The van der Waals surface area contributed by atoms with Gasteiger partial charge in [0, 0.05) is 35.1 Å². The van der Waals surface area contributed by atoms with Gasteiger partial charge in [-0.1, -0.05) is 24.4 Å². The van der Waals surface area contributed by atoms with E-state index in [4.69, 9.17) is 11.6 Å².